The van der Waals surface area contributed by atoms with E-state index < -0.39 is 6.10 Å². The summed E-state index contributed by atoms with van der Waals surface area (Å²) in [5, 5.41) is 12.8. The number of likely N-dealkylation sites (tertiary alicyclic amines) is 1. The number of amides is 2. The molecular formula is C18H28Cl2N4O3. The smallest absolute Gasteiger partial charge is 0.246 e. The summed E-state index contributed by atoms with van der Waals surface area (Å²) >= 11 is 12.2. The Bertz CT molecular complexity index is 565. The van der Waals surface area contributed by atoms with Gasteiger partial charge in [-0.25, -0.2) is 0 Å². The predicted molar refractivity (Wildman–Crippen MR) is 105 cm³/mol. The average molecular weight is 419 g/mol. The van der Waals surface area contributed by atoms with Crippen molar-refractivity contribution >= 4 is 35.0 Å². The first-order valence-corrected chi connectivity index (χ1v) is 10.4. The van der Waals surface area contributed by atoms with E-state index in [9.17, 15) is 14.7 Å². The molecule has 0 aromatic carbocycles. The number of nitrogens with one attached hydrogen (secondary N) is 1. The van der Waals surface area contributed by atoms with Gasteiger partial charge in [-0.1, -0.05) is 6.58 Å². The van der Waals surface area contributed by atoms with Crippen LogP contribution >= 0.6 is 23.2 Å². The third kappa shape index (κ3) is 4.95. The molecule has 2 aliphatic heterocycles. The first-order chi connectivity index (χ1) is 12.9. The molecule has 3 fully saturated rings. The Hall–Kier alpha value is -0.860. The van der Waals surface area contributed by atoms with Crippen LogP contribution in [0.4, 0.5) is 0 Å². The van der Waals surface area contributed by atoms with Gasteiger partial charge in [-0.2, -0.15) is 0 Å². The summed E-state index contributed by atoms with van der Waals surface area (Å²) in [4.78, 5) is 30.0. The van der Waals surface area contributed by atoms with Gasteiger partial charge in [-0.05, 0) is 18.9 Å². The second kappa shape index (κ2) is 9.09. The van der Waals surface area contributed by atoms with Gasteiger partial charge in [0.25, 0.3) is 0 Å². The molecule has 7 nitrogen and oxygen atoms in total. The minimum atomic E-state index is -0.575. The van der Waals surface area contributed by atoms with Gasteiger partial charge in [0.2, 0.25) is 11.8 Å². The monoisotopic (exact) mass is 418 g/mol. The Balaban J connectivity index is 1.35. The van der Waals surface area contributed by atoms with E-state index in [1.165, 1.54) is 6.08 Å². The Kier molecular flexibility index (Phi) is 7.03. The molecule has 1 aliphatic carbocycles. The minimum absolute atomic E-state index is 0.0179. The number of aliphatic hydroxyl groups excluding tert-OH is 1. The molecule has 2 N–H and O–H groups in total. The van der Waals surface area contributed by atoms with E-state index in [-0.39, 0.29) is 35.2 Å². The summed E-state index contributed by atoms with van der Waals surface area (Å²) in [6.07, 6.45) is 1.78. The van der Waals surface area contributed by atoms with Crippen molar-refractivity contribution < 1.29 is 14.7 Å². The van der Waals surface area contributed by atoms with Crippen LogP contribution in [0, 0.1) is 0 Å². The Morgan fingerprint density at radius 1 is 1.07 bits per heavy atom. The topological polar surface area (TPSA) is 76.1 Å². The fraction of sp³-hybridized carbons (Fsp3) is 0.778. The first-order valence-electron chi connectivity index (χ1n) is 9.51. The predicted octanol–water partition coefficient (Wildman–Crippen LogP) is -0.145. The lowest BCUT2D eigenvalue weighted by molar-refractivity contribution is -0.139. The molecule has 0 aromatic heterocycles. The standard InChI is InChI=1S/C18H28Cl2N4O3/c1-2-17(26)23-5-3-22(4-6-23)12-10-24(11-12)18(27)9-21-15-7-13(19)14(20)8-16(15)25/h2,12-16,21,25H,1,3-11H2. The SMILES string of the molecule is C=CC(=O)N1CCN(C2CN(C(=O)CNC3CC(Cl)C(Cl)CC3O)C2)CC1. The second-order valence-corrected chi connectivity index (χ2v) is 8.70. The van der Waals surface area contributed by atoms with Gasteiger partial charge in [0.05, 0.1) is 23.4 Å². The van der Waals surface area contributed by atoms with Crippen LogP contribution in [0.5, 0.6) is 0 Å². The minimum Gasteiger partial charge on any atom is -0.391 e. The van der Waals surface area contributed by atoms with Crippen molar-refractivity contribution in [3.63, 3.8) is 0 Å². The summed E-state index contributed by atoms with van der Waals surface area (Å²) in [5.41, 5.74) is 0. The van der Waals surface area contributed by atoms with Crippen LogP contribution in [0.1, 0.15) is 12.8 Å². The highest BCUT2D eigenvalue weighted by atomic mass is 35.5. The number of carbonyl (C=O) groups is 2. The van der Waals surface area contributed by atoms with Crippen molar-refractivity contribution in [2.45, 2.75) is 41.8 Å². The van der Waals surface area contributed by atoms with Gasteiger partial charge in [-0.3, -0.25) is 14.5 Å². The summed E-state index contributed by atoms with van der Waals surface area (Å²) in [5.74, 6) is 0.0220. The largest absolute Gasteiger partial charge is 0.391 e. The van der Waals surface area contributed by atoms with E-state index in [1.807, 2.05) is 4.90 Å². The molecule has 3 aliphatic rings. The van der Waals surface area contributed by atoms with Crippen LogP contribution in [0.15, 0.2) is 12.7 Å². The average Bonchev–Trinajstić information content (AvgIpc) is 2.62. The molecule has 3 rings (SSSR count). The summed E-state index contributed by atoms with van der Waals surface area (Å²) in [7, 11) is 0. The van der Waals surface area contributed by atoms with Crippen LogP contribution in [0.3, 0.4) is 0 Å². The van der Waals surface area contributed by atoms with E-state index in [0.717, 1.165) is 13.1 Å². The van der Waals surface area contributed by atoms with Crippen LogP contribution in [-0.2, 0) is 9.59 Å². The Labute approximate surface area is 170 Å². The third-order valence-electron chi connectivity index (χ3n) is 5.85. The zero-order chi connectivity index (χ0) is 19.6. The van der Waals surface area contributed by atoms with Crippen molar-refractivity contribution in [3.05, 3.63) is 12.7 Å². The van der Waals surface area contributed by atoms with Gasteiger partial charge in [0, 0.05) is 51.4 Å². The molecular weight excluding hydrogens is 391 g/mol. The normalized spacial score (nSPS) is 32.9. The summed E-state index contributed by atoms with van der Waals surface area (Å²) in [6, 6.07) is 0.165. The van der Waals surface area contributed by atoms with E-state index in [1.54, 1.807) is 4.90 Å². The van der Waals surface area contributed by atoms with Crippen molar-refractivity contribution in [2.24, 2.45) is 0 Å². The van der Waals surface area contributed by atoms with Crippen LogP contribution in [0.25, 0.3) is 0 Å². The van der Waals surface area contributed by atoms with Gasteiger partial charge in [-0.15, -0.1) is 23.2 Å². The van der Waals surface area contributed by atoms with Crippen molar-refractivity contribution in [1.29, 1.82) is 0 Å². The van der Waals surface area contributed by atoms with E-state index in [4.69, 9.17) is 23.2 Å². The number of nitrogens with zero attached hydrogens (tertiary/aromatic N) is 3. The number of carbonyl (C=O) groups excluding carboxylic acids is 2. The molecule has 2 amide bonds. The van der Waals surface area contributed by atoms with Crippen molar-refractivity contribution in [1.82, 2.24) is 20.0 Å². The van der Waals surface area contributed by atoms with Crippen LogP contribution in [0.2, 0.25) is 0 Å². The lowest BCUT2D eigenvalue weighted by Gasteiger charge is -2.48. The highest BCUT2D eigenvalue weighted by molar-refractivity contribution is 6.30. The second-order valence-electron chi connectivity index (χ2n) is 7.58. The molecule has 0 aromatic rings. The fourth-order valence-electron chi connectivity index (χ4n) is 3.97. The number of hydrogen-bond donors (Lipinski definition) is 2. The molecule has 152 valence electrons. The van der Waals surface area contributed by atoms with E-state index in [2.05, 4.69) is 16.8 Å². The summed E-state index contributed by atoms with van der Waals surface area (Å²) in [6.45, 7) is 8.22. The Morgan fingerprint density at radius 2 is 1.70 bits per heavy atom. The number of halogens is 2. The molecule has 4 atom stereocenters. The molecule has 2 heterocycles. The number of aliphatic hydroxyl groups is 1. The molecule has 0 spiro atoms. The maximum atomic E-state index is 12.4. The van der Waals surface area contributed by atoms with Gasteiger partial charge >= 0.3 is 0 Å². The third-order valence-corrected chi connectivity index (χ3v) is 6.94. The summed E-state index contributed by atoms with van der Waals surface area (Å²) < 4.78 is 0. The maximum absolute atomic E-state index is 12.4. The zero-order valence-corrected chi connectivity index (χ0v) is 16.9. The molecule has 0 radical (unpaired) electrons. The highest BCUT2D eigenvalue weighted by Crippen LogP contribution is 2.28. The van der Waals surface area contributed by atoms with E-state index in [0.29, 0.717) is 45.1 Å². The maximum Gasteiger partial charge on any atom is 0.246 e. The Morgan fingerprint density at radius 3 is 2.33 bits per heavy atom. The van der Waals surface area contributed by atoms with Gasteiger partial charge in [0.1, 0.15) is 0 Å². The quantitative estimate of drug-likeness (QED) is 0.479. The highest BCUT2D eigenvalue weighted by Gasteiger charge is 2.38. The number of hydrogen-bond acceptors (Lipinski definition) is 5. The van der Waals surface area contributed by atoms with Gasteiger partial charge in [0.15, 0.2) is 0 Å². The van der Waals surface area contributed by atoms with E-state index >= 15 is 0 Å². The fourth-order valence-corrected chi connectivity index (χ4v) is 4.55. The van der Waals surface area contributed by atoms with Crippen molar-refractivity contribution in [3.8, 4) is 0 Å². The van der Waals surface area contributed by atoms with Crippen LogP contribution < -0.4 is 5.32 Å². The van der Waals surface area contributed by atoms with Crippen LogP contribution in [-0.4, -0.2) is 106 Å². The number of alkyl halides is 2. The number of piperazine rings is 1. The molecule has 0 bridgehead atoms. The molecule has 9 heteroatoms. The lowest BCUT2D eigenvalue weighted by Crippen LogP contribution is -2.65. The molecule has 27 heavy (non-hydrogen) atoms. The number of rotatable bonds is 5. The molecule has 4 unspecified atom stereocenters. The molecule has 2 saturated heterocycles. The van der Waals surface area contributed by atoms with Crippen molar-refractivity contribution in [2.75, 3.05) is 45.8 Å². The molecule has 1 saturated carbocycles. The van der Waals surface area contributed by atoms with Gasteiger partial charge < -0.3 is 20.2 Å². The first kappa shape index (κ1) is 20.9. The lowest BCUT2D eigenvalue weighted by atomic mass is 9.91. The zero-order valence-electron chi connectivity index (χ0n) is 15.4.